The number of amides is 1. The fourth-order valence-corrected chi connectivity index (χ4v) is 1.46. The van der Waals surface area contributed by atoms with Gasteiger partial charge in [-0.15, -0.1) is 0 Å². The van der Waals surface area contributed by atoms with Gasteiger partial charge in [-0.25, -0.2) is 5.43 Å². The summed E-state index contributed by atoms with van der Waals surface area (Å²) < 4.78 is 0. The Balaban J connectivity index is 2.09. The molecule has 0 spiro atoms. The lowest BCUT2D eigenvalue weighted by Crippen LogP contribution is -2.20. The number of carbonyl (C=O) groups is 1. The van der Waals surface area contributed by atoms with Crippen LogP contribution < -0.4 is 5.43 Å². The summed E-state index contributed by atoms with van der Waals surface area (Å²) in [4.78, 5) is 11.4. The number of hydrazone groups is 1. The number of phenols is 2. The van der Waals surface area contributed by atoms with E-state index in [-0.39, 0.29) is 23.3 Å². The van der Waals surface area contributed by atoms with Crippen molar-refractivity contribution in [1.29, 1.82) is 0 Å². The van der Waals surface area contributed by atoms with Crippen LogP contribution in [0.25, 0.3) is 0 Å². The first kappa shape index (κ1) is 11.4. The summed E-state index contributed by atoms with van der Waals surface area (Å²) in [6.07, 6.45) is 1.84. The van der Waals surface area contributed by atoms with Crippen molar-refractivity contribution in [3.05, 3.63) is 23.8 Å². The molecule has 5 nitrogen and oxygen atoms in total. The lowest BCUT2D eigenvalue weighted by Gasteiger charge is -2.05. The minimum atomic E-state index is -0.0809. The van der Waals surface area contributed by atoms with Crippen molar-refractivity contribution in [3.63, 3.8) is 0 Å². The van der Waals surface area contributed by atoms with Gasteiger partial charge in [0.2, 0.25) is 5.91 Å². The van der Waals surface area contributed by atoms with Crippen molar-refractivity contribution >= 4 is 11.6 Å². The number of rotatable bonds is 3. The highest BCUT2D eigenvalue weighted by molar-refractivity contribution is 6.01. The van der Waals surface area contributed by atoms with E-state index in [0.717, 1.165) is 12.8 Å². The molecule has 0 atom stereocenters. The fourth-order valence-electron chi connectivity index (χ4n) is 1.46. The lowest BCUT2D eigenvalue weighted by molar-refractivity contribution is -0.122. The molecule has 1 aliphatic carbocycles. The highest BCUT2D eigenvalue weighted by atomic mass is 16.3. The standard InChI is InChI=1S/C12H14N2O3/c1-7(13-14-12(17)8-2-3-8)10-5-4-9(15)6-11(10)16/h4-6,8,15-16H,2-3H2,1H3,(H,14,17). The van der Waals surface area contributed by atoms with Gasteiger partial charge in [0.05, 0.1) is 5.71 Å². The lowest BCUT2D eigenvalue weighted by atomic mass is 10.1. The highest BCUT2D eigenvalue weighted by Crippen LogP contribution is 2.28. The molecule has 3 N–H and O–H groups in total. The molecule has 0 heterocycles. The van der Waals surface area contributed by atoms with Gasteiger partial charge in [-0.3, -0.25) is 4.79 Å². The molecule has 0 aliphatic heterocycles. The summed E-state index contributed by atoms with van der Waals surface area (Å²) in [5.74, 6) is -0.0597. The first-order valence-electron chi connectivity index (χ1n) is 5.44. The van der Waals surface area contributed by atoms with Crippen LogP contribution in [0, 0.1) is 5.92 Å². The summed E-state index contributed by atoms with van der Waals surface area (Å²) in [6.45, 7) is 1.68. The van der Waals surface area contributed by atoms with Gasteiger partial charge in [0.1, 0.15) is 11.5 Å². The number of nitrogens with zero attached hydrogens (tertiary/aromatic N) is 1. The molecule has 0 aromatic heterocycles. The molecule has 1 fully saturated rings. The second kappa shape index (κ2) is 4.45. The van der Waals surface area contributed by atoms with E-state index in [0.29, 0.717) is 11.3 Å². The van der Waals surface area contributed by atoms with Crippen LogP contribution in [0.2, 0.25) is 0 Å². The molecule has 1 aliphatic rings. The number of carbonyl (C=O) groups excluding carboxylic acids is 1. The van der Waals surface area contributed by atoms with Gasteiger partial charge in [-0.2, -0.15) is 5.10 Å². The maximum atomic E-state index is 11.4. The van der Waals surface area contributed by atoms with Crippen LogP contribution in [-0.4, -0.2) is 21.8 Å². The van der Waals surface area contributed by atoms with Crippen LogP contribution in [-0.2, 0) is 4.79 Å². The van der Waals surface area contributed by atoms with Gasteiger partial charge in [0.25, 0.3) is 0 Å². The Morgan fingerprint density at radius 3 is 2.71 bits per heavy atom. The zero-order valence-corrected chi connectivity index (χ0v) is 9.47. The van der Waals surface area contributed by atoms with Crippen LogP contribution in [0.4, 0.5) is 0 Å². The van der Waals surface area contributed by atoms with E-state index >= 15 is 0 Å². The van der Waals surface area contributed by atoms with Crippen molar-refractivity contribution in [2.45, 2.75) is 19.8 Å². The van der Waals surface area contributed by atoms with E-state index in [1.165, 1.54) is 12.1 Å². The summed E-state index contributed by atoms with van der Waals surface area (Å²) in [6, 6.07) is 4.24. The van der Waals surface area contributed by atoms with Gasteiger partial charge in [0, 0.05) is 17.5 Å². The maximum Gasteiger partial charge on any atom is 0.243 e. The van der Waals surface area contributed by atoms with Gasteiger partial charge < -0.3 is 10.2 Å². The molecule has 90 valence electrons. The van der Waals surface area contributed by atoms with Crippen molar-refractivity contribution < 1.29 is 15.0 Å². The second-order valence-electron chi connectivity index (χ2n) is 4.15. The van der Waals surface area contributed by atoms with Crippen LogP contribution in [0.15, 0.2) is 23.3 Å². The van der Waals surface area contributed by atoms with Crippen LogP contribution in [0.1, 0.15) is 25.3 Å². The fraction of sp³-hybridized carbons (Fsp3) is 0.333. The largest absolute Gasteiger partial charge is 0.508 e. The number of hydrogen-bond acceptors (Lipinski definition) is 4. The minimum Gasteiger partial charge on any atom is -0.508 e. The molecule has 1 saturated carbocycles. The topological polar surface area (TPSA) is 81.9 Å². The zero-order chi connectivity index (χ0) is 12.4. The Morgan fingerprint density at radius 2 is 2.12 bits per heavy atom. The normalized spacial score (nSPS) is 15.7. The number of benzene rings is 1. The predicted octanol–water partition coefficient (Wildman–Crippen LogP) is 1.35. The Morgan fingerprint density at radius 1 is 1.41 bits per heavy atom. The number of aromatic hydroxyl groups is 2. The molecular formula is C12H14N2O3. The van der Waals surface area contributed by atoms with Crippen molar-refractivity contribution in [2.24, 2.45) is 11.0 Å². The number of hydrogen-bond donors (Lipinski definition) is 3. The first-order valence-corrected chi connectivity index (χ1v) is 5.44. The van der Waals surface area contributed by atoms with E-state index in [2.05, 4.69) is 10.5 Å². The maximum absolute atomic E-state index is 11.4. The van der Waals surface area contributed by atoms with Crippen molar-refractivity contribution in [3.8, 4) is 11.5 Å². The zero-order valence-electron chi connectivity index (χ0n) is 9.47. The van der Waals surface area contributed by atoms with Gasteiger partial charge in [-0.1, -0.05) is 0 Å². The molecule has 0 radical (unpaired) electrons. The van der Waals surface area contributed by atoms with E-state index in [1.54, 1.807) is 13.0 Å². The summed E-state index contributed by atoms with van der Waals surface area (Å²) in [7, 11) is 0. The van der Waals surface area contributed by atoms with Crippen molar-refractivity contribution in [1.82, 2.24) is 5.43 Å². The van der Waals surface area contributed by atoms with Crippen LogP contribution in [0.5, 0.6) is 11.5 Å². The smallest absolute Gasteiger partial charge is 0.243 e. The molecule has 0 bridgehead atoms. The molecule has 1 aromatic carbocycles. The third kappa shape index (κ3) is 2.75. The molecule has 1 amide bonds. The van der Waals surface area contributed by atoms with E-state index in [9.17, 15) is 9.90 Å². The van der Waals surface area contributed by atoms with E-state index in [1.807, 2.05) is 0 Å². The van der Waals surface area contributed by atoms with E-state index < -0.39 is 0 Å². The highest BCUT2D eigenvalue weighted by Gasteiger charge is 2.29. The van der Waals surface area contributed by atoms with Gasteiger partial charge in [-0.05, 0) is 31.9 Å². The monoisotopic (exact) mass is 234 g/mol. The predicted molar refractivity (Wildman–Crippen MR) is 62.8 cm³/mol. The Kier molecular flexibility index (Phi) is 2.99. The number of phenolic OH excluding ortho intramolecular Hbond substituents is 2. The Hall–Kier alpha value is -2.04. The summed E-state index contributed by atoms with van der Waals surface area (Å²) >= 11 is 0. The van der Waals surface area contributed by atoms with Crippen LogP contribution >= 0.6 is 0 Å². The Labute approximate surface area is 98.8 Å². The van der Waals surface area contributed by atoms with Crippen LogP contribution in [0.3, 0.4) is 0 Å². The molecule has 0 saturated heterocycles. The average Bonchev–Trinajstić information content (AvgIpc) is 3.09. The SMILES string of the molecule is CC(=NNC(=O)C1CC1)c1ccc(O)cc1O. The molecule has 0 unspecified atom stereocenters. The molecular weight excluding hydrogens is 220 g/mol. The molecule has 2 rings (SSSR count). The number of nitrogens with one attached hydrogen (secondary N) is 1. The molecule has 1 aromatic rings. The Bertz CT molecular complexity index is 479. The summed E-state index contributed by atoms with van der Waals surface area (Å²) in [5, 5.41) is 22.7. The quantitative estimate of drug-likeness (QED) is 0.545. The molecule has 5 heteroatoms. The first-order chi connectivity index (χ1) is 8.08. The molecule has 17 heavy (non-hydrogen) atoms. The summed E-state index contributed by atoms with van der Waals surface area (Å²) in [5.41, 5.74) is 3.44. The van der Waals surface area contributed by atoms with Gasteiger partial charge >= 0.3 is 0 Å². The van der Waals surface area contributed by atoms with E-state index in [4.69, 9.17) is 5.11 Å². The minimum absolute atomic E-state index is 0.0129. The third-order valence-electron chi connectivity index (χ3n) is 2.65. The van der Waals surface area contributed by atoms with Crippen molar-refractivity contribution in [2.75, 3.05) is 0 Å². The average molecular weight is 234 g/mol. The third-order valence-corrected chi connectivity index (χ3v) is 2.65. The van der Waals surface area contributed by atoms with Gasteiger partial charge in [0.15, 0.2) is 0 Å². The second-order valence-corrected chi connectivity index (χ2v) is 4.15.